The summed E-state index contributed by atoms with van der Waals surface area (Å²) in [7, 11) is 0. The van der Waals surface area contributed by atoms with E-state index in [1.54, 1.807) is 83.1 Å². The molecule has 2 amide bonds. The Balaban J connectivity index is 1.99. The second-order valence-corrected chi connectivity index (χ2v) is 16.1. The van der Waals surface area contributed by atoms with Crippen LogP contribution in [0.4, 0.5) is 15.5 Å². The van der Waals surface area contributed by atoms with Gasteiger partial charge in [0.1, 0.15) is 40.0 Å². The second kappa shape index (κ2) is 17.0. The van der Waals surface area contributed by atoms with E-state index in [0.29, 0.717) is 51.1 Å². The second-order valence-electron chi connectivity index (χ2n) is 16.1. The van der Waals surface area contributed by atoms with E-state index in [1.807, 2.05) is 22.9 Å². The third-order valence-electron chi connectivity index (χ3n) is 6.38. The number of unbranched alkanes of at least 4 members (excludes halogenated alkanes) is 1. The lowest BCUT2D eigenvalue weighted by Crippen LogP contribution is -2.46. The van der Waals surface area contributed by atoms with E-state index in [9.17, 15) is 19.2 Å². The molecule has 2 rings (SSSR count). The van der Waals surface area contributed by atoms with Crippen LogP contribution in [0.25, 0.3) is 11.2 Å². The Hall–Kier alpha value is -4.10. The van der Waals surface area contributed by atoms with Crippen molar-refractivity contribution in [2.45, 2.75) is 156 Å². The van der Waals surface area contributed by atoms with E-state index in [-0.39, 0.29) is 0 Å². The van der Waals surface area contributed by atoms with Gasteiger partial charge in [-0.2, -0.15) is 0 Å². The Labute approximate surface area is 290 Å². The molecule has 2 aromatic rings. The zero-order chi connectivity index (χ0) is 37.2. The van der Waals surface area contributed by atoms with Crippen LogP contribution in [0.3, 0.4) is 0 Å². The molecule has 0 radical (unpaired) electrons. The number of aryl methyl sites for hydroxylation is 1. The van der Waals surface area contributed by atoms with E-state index in [1.165, 1.54) is 0 Å². The topological polar surface area (TPSA) is 174 Å². The number of carbonyl (C=O) groups excluding carboxylic acids is 4. The van der Waals surface area contributed by atoms with E-state index < -0.39 is 58.6 Å². The number of amides is 2. The summed E-state index contributed by atoms with van der Waals surface area (Å²) in [4.78, 5) is 58.5. The molecule has 0 aliphatic rings. The van der Waals surface area contributed by atoms with Crippen molar-refractivity contribution in [3.05, 3.63) is 18.3 Å². The molecule has 49 heavy (non-hydrogen) atoms. The number of ether oxygens (including phenoxy) is 4. The van der Waals surface area contributed by atoms with Gasteiger partial charge in [-0.25, -0.2) is 23.7 Å². The van der Waals surface area contributed by atoms with Crippen molar-refractivity contribution in [1.29, 1.82) is 0 Å². The molecule has 2 heterocycles. The first-order chi connectivity index (χ1) is 22.4. The van der Waals surface area contributed by atoms with Gasteiger partial charge in [0.2, 0.25) is 0 Å². The van der Waals surface area contributed by atoms with Gasteiger partial charge in [-0.15, -0.1) is 0 Å². The highest BCUT2D eigenvalue weighted by Gasteiger charge is 2.30. The number of hydrogen-bond acceptors (Lipinski definition) is 10. The number of rotatable bonds is 14. The molecule has 0 aliphatic carbocycles. The van der Waals surface area contributed by atoms with Crippen LogP contribution < -0.4 is 20.5 Å². The number of pyridine rings is 1. The summed E-state index contributed by atoms with van der Waals surface area (Å²) in [5.41, 5.74) is -1.22. The first-order valence-electron chi connectivity index (χ1n) is 17.0. The SMILES string of the molecule is CC(C)(C)OC(=O)N[C@@H](CCCC[n+]1cccc2[nH]c(NCCC[C@H](NC(=O)OC(C)(C)C)C(=O)OC(C)(C)C)nc21)C(=O)OC(C)(C)C. The van der Waals surface area contributed by atoms with Gasteiger partial charge in [0.05, 0.1) is 12.7 Å². The number of fused-ring (bicyclic) bond motifs is 1. The van der Waals surface area contributed by atoms with Gasteiger partial charge in [-0.1, -0.05) is 0 Å². The van der Waals surface area contributed by atoms with Crippen molar-refractivity contribution in [3.8, 4) is 0 Å². The summed E-state index contributed by atoms with van der Waals surface area (Å²) in [5, 5.41) is 8.58. The predicted molar refractivity (Wildman–Crippen MR) is 186 cm³/mol. The molecule has 14 nitrogen and oxygen atoms in total. The number of H-pyrrole nitrogens is 1. The standard InChI is InChI=1S/C35H58N6O8/c1-32(2,3)46-27(42)24(38-30(44)48-34(7,8)9)17-13-14-21-41-22-16-19-23-26(41)40-29(37-23)36-20-15-18-25(28(43)47-33(4,5)6)39-31(45)49-35(10,11)12/h16,19,22,24-25H,13-15,17-18,20-21H2,1-12H3,(H3,36,37,38,39,44,45)/p+1/t24-,25-/m0/s1. The lowest BCUT2D eigenvalue weighted by atomic mass is 10.1. The van der Waals surface area contributed by atoms with E-state index in [4.69, 9.17) is 23.9 Å². The van der Waals surface area contributed by atoms with Crippen LogP contribution in [0.5, 0.6) is 0 Å². The molecular weight excluding hydrogens is 632 g/mol. The number of imidazole rings is 1. The first-order valence-corrected chi connectivity index (χ1v) is 17.0. The molecular formula is C35H59N6O8+. The maximum atomic E-state index is 12.9. The largest absolute Gasteiger partial charge is 0.458 e. The highest BCUT2D eigenvalue weighted by atomic mass is 16.6. The fraction of sp³-hybridized carbons (Fsp3) is 0.714. The van der Waals surface area contributed by atoms with Gasteiger partial charge < -0.3 is 34.9 Å². The fourth-order valence-electron chi connectivity index (χ4n) is 4.58. The maximum absolute atomic E-state index is 12.9. The normalized spacial score (nSPS) is 13.6. The van der Waals surface area contributed by atoms with Crippen molar-refractivity contribution in [1.82, 2.24) is 20.6 Å². The maximum Gasteiger partial charge on any atom is 0.408 e. The lowest BCUT2D eigenvalue weighted by molar-refractivity contribution is -0.673. The average molecular weight is 692 g/mol. The third kappa shape index (κ3) is 16.7. The minimum absolute atomic E-state index is 0.328. The summed E-state index contributed by atoms with van der Waals surface area (Å²) in [6.07, 6.45) is 3.18. The summed E-state index contributed by atoms with van der Waals surface area (Å²) in [5.74, 6) is -0.467. The summed E-state index contributed by atoms with van der Waals surface area (Å²) < 4.78 is 23.8. The number of alkyl carbamates (subject to hydrolysis) is 2. The van der Waals surface area contributed by atoms with Gasteiger partial charge in [0.15, 0.2) is 0 Å². The van der Waals surface area contributed by atoms with Crippen LogP contribution in [0.1, 0.15) is 115 Å². The number of nitrogens with zero attached hydrogens (tertiary/aromatic N) is 2. The first kappa shape index (κ1) is 41.1. The Morgan fingerprint density at radius 2 is 1.18 bits per heavy atom. The third-order valence-corrected chi connectivity index (χ3v) is 6.38. The summed E-state index contributed by atoms with van der Waals surface area (Å²) in [6.45, 7) is 22.3. The summed E-state index contributed by atoms with van der Waals surface area (Å²) >= 11 is 0. The van der Waals surface area contributed by atoms with Gasteiger partial charge in [0, 0.05) is 6.54 Å². The minimum atomic E-state index is -0.872. The molecule has 0 bridgehead atoms. The van der Waals surface area contributed by atoms with Gasteiger partial charge in [-0.05, 0) is 132 Å². The molecule has 276 valence electrons. The zero-order valence-corrected chi connectivity index (χ0v) is 31.5. The van der Waals surface area contributed by atoms with Crippen molar-refractivity contribution in [3.63, 3.8) is 0 Å². The number of hydrogen-bond donors (Lipinski definition) is 4. The van der Waals surface area contributed by atoms with Crippen LogP contribution in [0, 0.1) is 0 Å². The Kier molecular flexibility index (Phi) is 14.3. The Bertz CT molecular complexity index is 1410. The molecule has 2 atom stereocenters. The molecule has 0 spiro atoms. The number of carbonyl (C=O) groups is 4. The number of aromatic amines is 1. The van der Waals surface area contributed by atoms with Crippen LogP contribution in [-0.2, 0) is 35.1 Å². The van der Waals surface area contributed by atoms with E-state index in [0.717, 1.165) is 11.2 Å². The number of anilines is 1. The van der Waals surface area contributed by atoms with E-state index in [2.05, 4.69) is 20.9 Å². The van der Waals surface area contributed by atoms with Gasteiger partial charge in [0.25, 0.3) is 0 Å². The minimum Gasteiger partial charge on any atom is -0.458 e. The fourth-order valence-corrected chi connectivity index (χ4v) is 4.58. The molecule has 0 saturated carbocycles. The molecule has 0 saturated heterocycles. The Morgan fingerprint density at radius 3 is 1.65 bits per heavy atom. The zero-order valence-electron chi connectivity index (χ0n) is 31.5. The summed E-state index contributed by atoms with van der Waals surface area (Å²) in [6, 6.07) is 2.13. The number of esters is 2. The van der Waals surface area contributed by atoms with Crippen LogP contribution >= 0.6 is 0 Å². The quantitative estimate of drug-likeness (QED) is 0.0835. The van der Waals surface area contributed by atoms with E-state index >= 15 is 0 Å². The van der Waals surface area contributed by atoms with Crippen LogP contribution in [-0.4, -0.2) is 75.1 Å². The van der Waals surface area contributed by atoms with Crippen LogP contribution in [0.15, 0.2) is 18.3 Å². The average Bonchev–Trinajstić information content (AvgIpc) is 3.31. The predicted octanol–water partition coefficient (Wildman–Crippen LogP) is 5.68. The monoisotopic (exact) mass is 691 g/mol. The molecule has 0 aromatic carbocycles. The Morgan fingerprint density at radius 1 is 0.714 bits per heavy atom. The van der Waals surface area contributed by atoms with Crippen molar-refractivity contribution < 1.29 is 42.7 Å². The van der Waals surface area contributed by atoms with Crippen LogP contribution in [0.2, 0.25) is 0 Å². The number of aromatic nitrogens is 3. The number of nitrogens with one attached hydrogen (secondary N) is 4. The highest BCUT2D eigenvalue weighted by Crippen LogP contribution is 2.16. The van der Waals surface area contributed by atoms with Gasteiger partial charge in [-0.3, -0.25) is 4.98 Å². The smallest absolute Gasteiger partial charge is 0.408 e. The van der Waals surface area contributed by atoms with Crippen molar-refractivity contribution >= 4 is 41.2 Å². The molecule has 0 fully saturated rings. The molecule has 0 aliphatic heterocycles. The van der Waals surface area contributed by atoms with Gasteiger partial charge >= 0.3 is 35.7 Å². The highest BCUT2D eigenvalue weighted by molar-refractivity contribution is 5.82. The molecule has 0 unspecified atom stereocenters. The molecule has 2 aromatic heterocycles. The van der Waals surface area contributed by atoms with Crippen molar-refractivity contribution in [2.75, 3.05) is 11.9 Å². The lowest BCUT2D eigenvalue weighted by Gasteiger charge is -2.26. The van der Waals surface area contributed by atoms with Crippen molar-refractivity contribution in [2.24, 2.45) is 0 Å². The molecule has 4 N–H and O–H groups in total. The molecule has 14 heteroatoms.